The van der Waals surface area contributed by atoms with Crippen molar-refractivity contribution < 1.29 is 23.7 Å². The summed E-state index contributed by atoms with van der Waals surface area (Å²) in [7, 11) is 0. The molecular weight excluding hydrogens is 256 g/mol. The number of carbonyl (C=O) groups is 2. The molecule has 0 aliphatic rings. The summed E-state index contributed by atoms with van der Waals surface area (Å²) >= 11 is 0. The fourth-order valence-corrected chi connectivity index (χ4v) is 1.30. The zero-order valence-corrected chi connectivity index (χ0v) is 9.91. The number of carbonyl (C=O) groups excluding carboxylic acids is 1. The van der Waals surface area contributed by atoms with Crippen molar-refractivity contribution >= 4 is 11.9 Å². The predicted octanol–water partition coefficient (Wildman–Crippen LogP) is 0.0367. The van der Waals surface area contributed by atoms with Crippen LogP contribution < -0.4 is 5.32 Å². The Morgan fingerprint density at radius 3 is 2.74 bits per heavy atom. The molecule has 0 unspecified atom stereocenters. The van der Waals surface area contributed by atoms with Gasteiger partial charge in [-0.25, -0.2) is 4.79 Å². The minimum Gasteiger partial charge on any atom is -0.475 e. The van der Waals surface area contributed by atoms with Gasteiger partial charge in [-0.15, -0.1) is 0 Å². The van der Waals surface area contributed by atoms with Gasteiger partial charge in [0.05, 0.1) is 0 Å². The molecule has 0 aliphatic carbocycles. The van der Waals surface area contributed by atoms with Crippen molar-refractivity contribution in [2.45, 2.75) is 13.3 Å². The Kier molecular flexibility index (Phi) is 3.55. The summed E-state index contributed by atoms with van der Waals surface area (Å²) in [5.41, 5.74) is -0.0980. The molecule has 100 valence electrons. The highest BCUT2D eigenvalue weighted by Gasteiger charge is 2.16. The second-order valence-electron chi connectivity index (χ2n) is 3.62. The second-order valence-corrected chi connectivity index (χ2v) is 3.62. The number of amides is 1. The molecule has 0 fully saturated rings. The monoisotopic (exact) mass is 266 g/mol. The Bertz CT molecular complexity index is 603. The number of carboxylic acids is 1. The first-order valence-electron chi connectivity index (χ1n) is 5.33. The van der Waals surface area contributed by atoms with Gasteiger partial charge in [0, 0.05) is 19.0 Å². The second kappa shape index (κ2) is 5.29. The van der Waals surface area contributed by atoms with E-state index in [-0.39, 0.29) is 12.2 Å². The fourth-order valence-electron chi connectivity index (χ4n) is 1.30. The van der Waals surface area contributed by atoms with Gasteiger partial charge in [0.1, 0.15) is 0 Å². The van der Waals surface area contributed by atoms with Crippen LogP contribution in [0.2, 0.25) is 0 Å². The molecule has 2 rings (SSSR count). The number of rotatable bonds is 5. The number of aromatic carboxylic acids is 1. The van der Waals surface area contributed by atoms with E-state index in [0.29, 0.717) is 18.1 Å². The van der Waals surface area contributed by atoms with E-state index in [4.69, 9.17) is 9.63 Å². The van der Waals surface area contributed by atoms with Gasteiger partial charge in [0.25, 0.3) is 5.91 Å². The molecule has 9 nitrogen and oxygen atoms in total. The number of carboxylic acid groups (broad SMARTS) is 1. The summed E-state index contributed by atoms with van der Waals surface area (Å²) in [4.78, 5) is 26.1. The van der Waals surface area contributed by atoms with Gasteiger partial charge < -0.3 is 19.5 Å². The van der Waals surface area contributed by atoms with Crippen molar-refractivity contribution in [1.82, 2.24) is 20.6 Å². The smallest absolute Gasteiger partial charge is 0.374 e. The summed E-state index contributed by atoms with van der Waals surface area (Å²) in [6.07, 6.45) is 0.371. The molecule has 2 aromatic rings. The Labute approximate surface area is 106 Å². The van der Waals surface area contributed by atoms with E-state index in [1.807, 2.05) is 0 Å². The zero-order valence-electron chi connectivity index (χ0n) is 9.91. The van der Waals surface area contributed by atoms with Crippen molar-refractivity contribution in [2.75, 3.05) is 6.54 Å². The van der Waals surface area contributed by atoms with Crippen LogP contribution in [-0.4, -0.2) is 38.8 Å². The Balaban J connectivity index is 1.85. The summed E-state index contributed by atoms with van der Waals surface area (Å²) in [6.45, 7) is 1.95. The highest BCUT2D eigenvalue weighted by atomic mass is 16.5. The van der Waals surface area contributed by atoms with Crippen LogP contribution in [0.1, 0.15) is 32.8 Å². The molecule has 0 aliphatic heterocycles. The lowest BCUT2D eigenvalue weighted by atomic mass is 10.3. The molecule has 2 heterocycles. The molecule has 9 heteroatoms. The van der Waals surface area contributed by atoms with Crippen LogP contribution in [0, 0.1) is 6.92 Å². The van der Waals surface area contributed by atoms with Gasteiger partial charge in [0.15, 0.2) is 11.5 Å². The molecule has 0 bridgehead atoms. The first-order valence-corrected chi connectivity index (χ1v) is 5.33. The van der Waals surface area contributed by atoms with E-state index in [2.05, 4.69) is 25.1 Å². The molecule has 0 aromatic carbocycles. The average molecular weight is 266 g/mol. The van der Waals surface area contributed by atoms with Crippen LogP contribution >= 0.6 is 0 Å². The van der Waals surface area contributed by atoms with Crippen molar-refractivity contribution in [3.8, 4) is 0 Å². The zero-order chi connectivity index (χ0) is 13.8. The Morgan fingerprint density at radius 2 is 2.16 bits per heavy atom. The number of nitrogens with zero attached hydrogens (tertiary/aromatic N) is 3. The molecule has 2 N–H and O–H groups in total. The molecule has 0 radical (unpaired) electrons. The van der Waals surface area contributed by atoms with Crippen LogP contribution in [0.25, 0.3) is 0 Å². The third-order valence-electron chi connectivity index (χ3n) is 2.15. The average Bonchev–Trinajstić information content (AvgIpc) is 2.98. The normalized spacial score (nSPS) is 10.4. The van der Waals surface area contributed by atoms with E-state index in [0.717, 1.165) is 6.07 Å². The van der Waals surface area contributed by atoms with Gasteiger partial charge >= 0.3 is 5.97 Å². The van der Waals surface area contributed by atoms with E-state index in [1.165, 1.54) is 0 Å². The van der Waals surface area contributed by atoms with Gasteiger partial charge in [-0.05, 0) is 6.92 Å². The maximum atomic E-state index is 11.6. The first-order chi connectivity index (χ1) is 9.06. The highest BCUT2D eigenvalue weighted by Crippen LogP contribution is 2.03. The third-order valence-corrected chi connectivity index (χ3v) is 2.15. The van der Waals surface area contributed by atoms with E-state index in [1.54, 1.807) is 6.92 Å². The van der Waals surface area contributed by atoms with Gasteiger partial charge in [-0.2, -0.15) is 4.98 Å². The quantitative estimate of drug-likeness (QED) is 0.775. The van der Waals surface area contributed by atoms with Crippen molar-refractivity contribution in [2.24, 2.45) is 0 Å². The maximum Gasteiger partial charge on any atom is 0.374 e. The van der Waals surface area contributed by atoms with Gasteiger partial charge in [0.2, 0.25) is 11.7 Å². The molecule has 2 aromatic heterocycles. The summed E-state index contributed by atoms with van der Waals surface area (Å²) in [5.74, 6) is -1.29. The number of nitrogens with one attached hydrogen (secondary N) is 1. The standard InChI is InChI=1S/C10H10N4O5/c1-5-12-8(19-13-5)2-3-11-9(15)6-4-7(10(16)17)18-14-6/h4H,2-3H2,1H3,(H,11,15)(H,16,17). The third kappa shape index (κ3) is 3.15. The lowest BCUT2D eigenvalue weighted by Gasteiger charge is -1.98. The highest BCUT2D eigenvalue weighted by molar-refractivity contribution is 5.94. The number of hydrogen-bond acceptors (Lipinski definition) is 7. The van der Waals surface area contributed by atoms with Crippen LogP contribution in [0.5, 0.6) is 0 Å². The molecule has 1 amide bonds. The molecule has 0 saturated heterocycles. The minimum atomic E-state index is -1.28. The van der Waals surface area contributed by atoms with E-state index < -0.39 is 17.6 Å². The largest absolute Gasteiger partial charge is 0.475 e. The first kappa shape index (κ1) is 12.7. The summed E-state index contributed by atoms with van der Waals surface area (Å²) in [5, 5.41) is 18.1. The maximum absolute atomic E-state index is 11.6. The lowest BCUT2D eigenvalue weighted by molar-refractivity contribution is 0.0651. The van der Waals surface area contributed by atoms with Crippen molar-refractivity contribution in [3.63, 3.8) is 0 Å². The lowest BCUT2D eigenvalue weighted by Crippen LogP contribution is -2.26. The Morgan fingerprint density at radius 1 is 1.37 bits per heavy atom. The van der Waals surface area contributed by atoms with Crippen molar-refractivity contribution in [1.29, 1.82) is 0 Å². The van der Waals surface area contributed by atoms with Crippen molar-refractivity contribution in [3.05, 3.63) is 29.2 Å². The summed E-state index contributed by atoms with van der Waals surface area (Å²) < 4.78 is 9.33. The Hall–Kier alpha value is -2.71. The predicted molar refractivity (Wildman–Crippen MR) is 58.5 cm³/mol. The number of aryl methyl sites for hydroxylation is 1. The van der Waals surface area contributed by atoms with E-state index >= 15 is 0 Å². The topological polar surface area (TPSA) is 131 Å². The summed E-state index contributed by atoms with van der Waals surface area (Å²) in [6, 6.07) is 1.05. The van der Waals surface area contributed by atoms with E-state index in [9.17, 15) is 9.59 Å². The SMILES string of the molecule is Cc1noc(CCNC(=O)c2cc(C(=O)O)on2)n1. The molecule has 19 heavy (non-hydrogen) atoms. The number of aromatic nitrogens is 3. The molecule has 0 atom stereocenters. The minimum absolute atomic E-state index is 0.0980. The van der Waals surface area contributed by atoms with Crippen LogP contribution in [0.4, 0.5) is 0 Å². The number of hydrogen-bond donors (Lipinski definition) is 2. The molecule has 0 spiro atoms. The van der Waals surface area contributed by atoms with Crippen LogP contribution in [0.3, 0.4) is 0 Å². The molecule has 0 saturated carbocycles. The van der Waals surface area contributed by atoms with Gasteiger partial charge in [-0.3, -0.25) is 4.79 Å². The van der Waals surface area contributed by atoms with Crippen LogP contribution in [-0.2, 0) is 6.42 Å². The molecular formula is C10H10N4O5. The fraction of sp³-hybridized carbons (Fsp3) is 0.300. The van der Waals surface area contributed by atoms with Gasteiger partial charge in [-0.1, -0.05) is 10.3 Å². The van der Waals surface area contributed by atoms with Crippen LogP contribution in [0.15, 0.2) is 15.1 Å².